The number of hydrogen-bond donors (Lipinski definition) is 0. The fraction of sp³-hybridized carbons (Fsp3) is 0.357. The van der Waals surface area contributed by atoms with Gasteiger partial charge in [0.2, 0.25) is 0 Å². The quantitative estimate of drug-likeness (QED) is 0.805. The molecule has 2 rings (SSSR count). The molecule has 0 aliphatic heterocycles. The molecule has 1 aromatic carbocycles. The summed E-state index contributed by atoms with van der Waals surface area (Å²) in [4.78, 5) is 4.33. The molecule has 0 fully saturated rings. The molecule has 0 bridgehead atoms. The van der Waals surface area contributed by atoms with Gasteiger partial charge >= 0.3 is 0 Å². The molecule has 0 aliphatic rings. The van der Waals surface area contributed by atoms with Gasteiger partial charge in [0, 0.05) is 6.04 Å². The minimum absolute atomic E-state index is 0.409. The molecule has 1 heterocycles. The summed E-state index contributed by atoms with van der Waals surface area (Å²) in [6.45, 7) is 6.89. The number of para-hydroxylation sites is 1. The van der Waals surface area contributed by atoms with Gasteiger partial charge in [-0.25, -0.2) is 4.98 Å². The summed E-state index contributed by atoms with van der Waals surface area (Å²) in [7, 11) is 0. The molecule has 3 heteroatoms. The lowest BCUT2D eigenvalue weighted by atomic mass is 10.3. The second-order valence-corrected chi connectivity index (χ2v) is 4.36. The Bertz CT molecular complexity index is 474. The van der Waals surface area contributed by atoms with E-state index in [1.165, 1.54) is 0 Å². The van der Waals surface area contributed by atoms with Gasteiger partial charge in [0.1, 0.15) is 18.2 Å². The topological polar surface area (TPSA) is 27.1 Å². The molecule has 17 heavy (non-hydrogen) atoms. The maximum Gasteiger partial charge on any atom is 0.130 e. The van der Waals surface area contributed by atoms with Gasteiger partial charge in [-0.2, -0.15) is 0 Å². The first kappa shape index (κ1) is 11.7. The van der Waals surface area contributed by atoms with Crippen LogP contribution in [0, 0.1) is 6.92 Å². The van der Waals surface area contributed by atoms with Crippen LogP contribution in [0.5, 0.6) is 5.75 Å². The van der Waals surface area contributed by atoms with E-state index in [4.69, 9.17) is 4.74 Å². The van der Waals surface area contributed by atoms with Crippen LogP contribution in [0.3, 0.4) is 0 Å². The standard InChI is InChI=1S/C14H18N2O/c1-11(2)16-12(3)15-9-13(16)10-17-14-7-5-4-6-8-14/h4-9,11H,10H2,1-3H3. The maximum atomic E-state index is 5.74. The number of rotatable bonds is 4. The van der Waals surface area contributed by atoms with Crippen molar-refractivity contribution in [3.63, 3.8) is 0 Å². The van der Waals surface area contributed by atoms with E-state index < -0.39 is 0 Å². The lowest BCUT2D eigenvalue weighted by Gasteiger charge is -2.14. The van der Waals surface area contributed by atoms with Gasteiger partial charge in [-0.3, -0.25) is 0 Å². The van der Waals surface area contributed by atoms with E-state index in [1.807, 2.05) is 43.5 Å². The van der Waals surface area contributed by atoms with Gasteiger partial charge in [0.05, 0.1) is 11.9 Å². The molecule has 0 amide bonds. The number of nitrogens with zero attached hydrogens (tertiary/aromatic N) is 2. The summed E-state index contributed by atoms with van der Waals surface area (Å²) >= 11 is 0. The maximum absolute atomic E-state index is 5.74. The Labute approximate surface area is 102 Å². The summed E-state index contributed by atoms with van der Waals surface area (Å²) in [6, 6.07) is 10.3. The Kier molecular flexibility index (Phi) is 3.47. The normalized spacial score (nSPS) is 10.8. The molecule has 0 aliphatic carbocycles. The molecule has 0 N–H and O–H groups in total. The summed E-state index contributed by atoms with van der Waals surface area (Å²) in [6.07, 6.45) is 1.89. The number of hydrogen-bond acceptors (Lipinski definition) is 2. The fourth-order valence-electron chi connectivity index (χ4n) is 1.99. The average molecular weight is 230 g/mol. The Morgan fingerprint density at radius 1 is 1.24 bits per heavy atom. The molecule has 0 spiro atoms. The van der Waals surface area contributed by atoms with E-state index in [9.17, 15) is 0 Å². The largest absolute Gasteiger partial charge is 0.487 e. The second kappa shape index (κ2) is 5.04. The molecule has 2 aromatic rings. The monoisotopic (exact) mass is 230 g/mol. The van der Waals surface area contributed by atoms with Crippen LogP contribution in [0.25, 0.3) is 0 Å². The van der Waals surface area contributed by atoms with Crippen molar-refractivity contribution >= 4 is 0 Å². The van der Waals surface area contributed by atoms with Crippen LogP contribution in [-0.4, -0.2) is 9.55 Å². The number of aryl methyl sites for hydroxylation is 1. The highest BCUT2D eigenvalue weighted by molar-refractivity contribution is 5.21. The molecule has 0 saturated carbocycles. The van der Waals surface area contributed by atoms with Crippen molar-refractivity contribution in [1.29, 1.82) is 0 Å². The minimum atomic E-state index is 0.409. The summed E-state index contributed by atoms with van der Waals surface area (Å²) < 4.78 is 7.93. The Morgan fingerprint density at radius 2 is 1.94 bits per heavy atom. The zero-order chi connectivity index (χ0) is 12.3. The van der Waals surface area contributed by atoms with Crippen molar-refractivity contribution in [3.8, 4) is 5.75 Å². The van der Waals surface area contributed by atoms with Crippen LogP contribution < -0.4 is 4.74 Å². The smallest absolute Gasteiger partial charge is 0.130 e. The third kappa shape index (κ3) is 2.67. The molecular weight excluding hydrogens is 212 g/mol. The van der Waals surface area contributed by atoms with Gasteiger partial charge in [-0.05, 0) is 32.9 Å². The Hall–Kier alpha value is -1.77. The first-order valence-corrected chi connectivity index (χ1v) is 5.89. The number of ether oxygens (including phenoxy) is 1. The molecule has 0 radical (unpaired) electrons. The van der Waals surface area contributed by atoms with E-state index in [0.717, 1.165) is 17.3 Å². The van der Waals surface area contributed by atoms with Crippen molar-refractivity contribution in [2.24, 2.45) is 0 Å². The highest BCUT2D eigenvalue weighted by Crippen LogP contribution is 2.16. The van der Waals surface area contributed by atoms with Crippen molar-refractivity contribution in [3.05, 3.63) is 48.0 Å². The summed E-state index contributed by atoms with van der Waals surface area (Å²) in [5, 5.41) is 0. The Morgan fingerprint density at radius 3 is 2.59 bits per heavy atom. The predicted molar refractivity (Wildman–Crippen MR) is 68.1 cm³/mol. The van der Waals surface area contributed by atoms with Crippen molar-refractivity contribution in [2.45, 2.75) is 33.4 Å². The first-order chi connectivity index (χ1) is 8.18. The van der Waals surface area contributed by atoms with Crippen molar-refractivity contribution in [2.75, 3.05) is 0 Å². The van der Waals surface area contributed by atoms with E-state index in [1.54, 1.807) is 0 Å². The molecular formula is C14H18N2O. The third-order valence-electron chi connectivity index (χ3n) is 2.70. The molecule has 0 saturated heterocycles. The van der Waals surface area contributed by atoms with Crippen LogP contribution in [0.1, 0.15) is 31.4 Å². The van der Waals surface area contributed by atoms with Gasteiger partial charge in [-0.1, -0.05) is 18.2 Å². The third-order valence-corrected chi connectivity index (χ3v) is 2.70. The predicted octanol–water partition coefficient (Wildman–Crippen LogP) is 3.35. The summed E-state index contributed by atoms with van der Waals surface area (Å²) in [5.41, 5.74) is 1.11. The summed E-state index contributed by atoms with van der Waals surface area (Å²) in [5.74, 6) is 1.92. The van der Waals surface area contributed by atoms with Crippen LogP contribution in [-0.2, 0) is 6.61 Å². The van der Waals surface area contributed by atoms with Crippen LogP contribution in [0.15, 0.2) is 36.5 Å². The molecule has 0 unspecified atom stereocenters. The highest BCUT2D eigenvalue weighted by Gasteiger charge is 2.09. The number of imidazole rings is 1. The van der Waals surface area contributed by atoms with E-state index in [2.05, 4.69) is 23.4 Å². The Balaban J connectivity index is 2.09. The number of benzene rings is 1. The van der Waals surface area contributed by atoms with Gasteiger partial charge in [0.15, 0.2) is 0 Å². The van der Waals surface area contributed by atoms with Crippen LogP contribution in [0.4, 0.5) is 0 Å². The molecule has 0 atom stereocenters. The minimum Gasteiger partial charge on any atom is -0.487 e. The van der Waals surface area contributed by atoms with E-state index >= 15 is 0 Å². The number of aromatic nitrogens is 2. The average Bonchev–Trinajstić information content (AvgIpc) is 2.69. The zero-order valence-electron chi connectivity index (χ0n) is 10.6. The SMILES string of the molecule is Cc1ncc(COc2ccccc2)n1C(C)C. The van der Waals surface area contributed by atoms with Gasteiger partial charge < -0.3 is 9.30 Å². The lowest BCUT2D eigenvalue weighted by Crippen LogP contribution is -2.09. The van der Waals surface area contributed by atoms with E-state index in [0.29, 0.717) is 12.6 Å². The second-order valence-electron chi connectivity index (χ2n) is 4.36. The lowest BCUT2D eigenvalue weighted by molar-refractivity contribution is 0.291. The molecule has 3 nitrogen and oxygen atoms in total. The molecule has 1 aromatic heterocycles. The highest BCUT2D eigenvalue weighted by atomic mass is 16.5. The first-order valence-electron chi connectivity index (χ1n) is 5.89. The van der Waals surface area contributed by atoms with E-state index in [-0.39, 0.29) is 0 Å². The van der Waals surface area contributed by atoms with Crippen molar-refractivity contribution in [1.82, 2.24) is 9.55 Å². The fourth-order valence-corrected chi connectivity index (χ4v) is 1.99. The van der Waals surface area contributed by atoms with Crippen LogP contribution >= 0.6 is 0 Å². The van der Waals surface area contributed by atoms with Gasteiger partial charge in [-0.15, -0.1) is 0 Å². The van der Waals surface area contributed by atoms with Crippen molar-refractivity contribution < 1.29 is 4.74 Å². The van der Waals surface area contributed by atoms with Gasteiger partial charge in [0.25, 0.3) is 0 Å². The van der Waals surface area contributed by atoms with Crippen LogP contribution in [0.2, 0.25) is 0 Å². The zero-order valence-corrected chi connectivity index (χ0v) is 10.6. The molecule has 90 valence electrons.